The van der Waals surface area contributed by atoms with Gasteiger partial charge in [0.25, 0.3) is 5.91 Å². The van der Waals surface area contributed by atoms with Crippen molar-refractivity contribution in [1.29, 1.82) is 0 Å². The Hall–Kier alpha value is -2.38. The SMILES string of the molecule is COc1ccc2ccccc2c1/C=C1\SC(=S)N([C@H](C(=O)O)C(C)C)C1=O. The molecule has 1 amide bonds. The number of benzene rings is 2. The van der Waals surface area contributed by atoms with Gasteiger partial charge in [0.05, 0.1) is 12.0 Å². The molecule has 0 bridgehead atoms. The third kappa shape index (κ3) is 3.57. The minimum Gasteiger partial charge on any atom is -0.496 e. The van der Waals surface area contributed by atoms with Crippen LogP contribution in [0, 0.1) is 5.92 Å². The summed E-state index contributed by atoms with van der Waals surface area (Å²) in [7, 11) is 1.58. The number of aliphatic carboxylic acids is 1. The van der Waals surface area contributed by atoms with E-state index in [4.69, 9.17) is 17.0 Å². The highest BCUT2D eigenvalue weighted by molar-refractivity contribution is 8.26. The number of fused-ring (bicyclic) bond motifs is 1. The number of carboxylic acid groups (broad SMARTS) is 1. The molecule has 5 nitrogen and oxygen atoms in total. The van der Waals surface area contributed by atoms with E-state index in [0.29, 0.717) is 10.7 Å². The molecule has 2 aromatic rings. The number of ether oxygens (including phenoxy) is 1. The van der Waals surface area contributed by atoms with Crippen LogP contribution < -0.4 is 4.74 Å². The number of thiocarbonyl (C=S) groups is 1. The van der Waals surface area contributed by atoms with Gasteiger partial charge in [-0.2, -0.15) is 0 Å². The lowest BCUT2D eigenvalue weighted by atomic mass is 10.0. The normalized spacial score (nSPS) is 17.2. The third-order valence-corrected chi connectivity index (χ3v) is 5.74. The molecule has 0 aliphatic carbocycles. The van der Waals surface area contributed by atoms with Crippen molar-refractivity contribution in [1.82, 2.24) is 4.90 Å². The molecule has 7 heteroatoms. The van der Waals surface area contributed by atoms with Crippen LogP contribution in [0.3, 0.4) is 0 Å². The summed E-state index contributed by atoms with van der Waals surface area (Å²) in [5, 5.41) is 11.5. The van der Waals surface area contributed by atoms with Gasteiger partial charge < -0.3 is 9.84 Å². The van der Waals surface area contributed by atoms with Crippen molar-refractivity contribution < 1.29 is 19.4 Å². The number of rotatable bonds is 5. The second kappa shape index (κ2) is 7.70. The summed E-state index contributed by atoms with van der Waals surface area (Å²) in [5.41, 5.74) is 0.771. The topological polar surface area (TPSA) is 66.8 Å². The molecule has 0 saturated carbocycles. The van der Waals surface area contributed by atoms with Crippen molar-refractivity contribution in [2.45, 2.75) is 19.9 Å². The van der Waals surface area contributed by atoms with E-state index in [1.54, 1.807) is 27.0 Å². The van der Waals surface area contributed by atoms with E-state index < -0.39 is 12.0 Å². The summed E-state index contributed by atoms with van der Waals surface area (Å²) >= 11 is 6.43. The molecule has 1 aliphatic rings. The molecule has 1 fully saturated rings. The monoisotopic (exact) mass is 401 g/mol. The fourth-order valence-corrected chi connectivity index (χ4v) is 4.46. The van der Waals surface area contributed by atoms with E-state index in [1.807, 2.05) is 36.4 Å². The molecular weight excluding hydrogens is 382 g/mol. The molecule has 0 spiro atoms. The number of hydrogen-bond donors (Lipinski definition) is 1. The summed E-state index contributed by atoms with van der Waals surface area (Å²) in [6.07, 6.45) is 1.74. The zero-order chi connectivity index (χ0) is 19.7. The molecule has 1 atom stereocenters. The predicted octanol–water partition coefficient (Wildman–Crippen LogP) is 4.16. The average Bonchev–Trinajstić information content (AvgIpc) is 2.89. The van der Waals surface area contributed by atoms with Crippen LogP contribution in [0.15, 0.2) is 41.3 Å². The van der Waals surface area contributed by atoms with Crippen molar-refractivity contribution >= 4 is 57.0 Å². The third-order valence-electron chi connectivity index (χ3n) is 4.41. The first-order chi connectivity index (χ1) is 12.8. The molecule has 0 aromatic heterocycles. The molecule has 3 rings (SSSR count). The smallest absolute Gasteiger partial charge is 0.327 e. The molecule has 1 heterocycles. The molecule has 1 aliphatic heterocycles. The van der Waals surface area contributed by atoms with Crippen molar-refractivity contribution in [2.24, 2.45) is 5.92 Å². The quantitative estimate of drug-likeness (QED) is 0.599. The van der Waals surface area contributed by atoms with E-state index in [0.717, 1.165) is 28.1 Å². The van der Waals surface area contributed by atoms with E-state index in [9.17, 15) is 14.7 Å². The highest BCUT2D eigenvalue weighted by Crippen LogP contribution is 2.38. The predicted molar refractivity (Wildman–Crippen MR) is 112 cm³/mol. The maximum Gasteiger partial charge on any atom is 0.327 e. The number of methoxy groups -OCH3 is 1. The van der Waals surface area contributed by atoms with Crippen LogP contribution in [0.4, 0.5) is 0 Å². The lowest BCUT2D eigenvalue weighted by molar-refractivity contribution is -0.146. The van der Waals surface area contributed by atoms with Crippen LogP contribution in [0.5, 0.6) is 5.75 Å². The number of carbonyl (C=O) groups is 2. The van der Waals surface area contributed by atoms with Gasteiger partial charge in [-0.3, -0.25) is 9.69 Å². The first-order valence-corrected chi connectivity index (χ1v) is 9.63. The molecule has 1 saturated heterocycles. The number of carboxylic acids is 1. The van der Waals surface area contributed by atoms with Gasteiger partial charge in [-0.1, -0.05) is 68.2 Å². The Balaban J connectivity index is 2.09. The Kier molecular flexibility index (Phi) is 5.53. The average molecular weight is 402 g/mol. The number of thioether (sulfide) groups is 1. The summed E-state index contributed by atoms with van der Waals surface area (Å²) in [5.74, 6) is -1.08. The molecule has 1 N–H and O–H groups in total. The number of carbonyl (C=O) groups excluding carboxylic acids is 1. The molecule has 0 unspecified atom stereocenters. The highest BCUT2D eigenvalue weighted by atomic mass is 32.2. The van der Waals surface area contributed by atoms with E-state index in [-0.39, 0.29) is 16.1 Å². The summed E-state index contributed by atoms with van der Waals surface area (Å²) in [6, 6.07) is 10.6. The Morgan fingerprint density at radius 3 is 2.59 bits per heavy atom. The summed E-state index contributed by atoms with van der Waals surface area (Å²) < 4.78 is 5.73. The largest absolute Gasteiger partial charge is 0.496 e. The van der Waals surface area contributed by atoms with Crippen molar-refractivity contribution in [3.05, 3.63) is 46.9 Å². The number of nitrogens with zero attached hydrogens (tertiary/aromatic N) is 1. The Morgan fingerprint density at radius 1 is 1.26 bits per heavy atom. The molecular formula is C20H19NO4S2. The van der Waals surface area contributed by atoms with Gasteiger partial charge in [0.2, 0.25) is 0 Å². The zero-order valence-corrected chi connectivity index (χ0v) is 16.8. The van der Waals surface area contributed by atoms with Crippen molar-refractivity contribution in [3.63, 3.8) is 0 Å². The lowest BCUT2D eigenvalue weighted by Crippen LogP contribution is -2.47. The van der Waals surface area contributed by atoms with Crippen LogP contribution in [0.25, 0.3) is 16.8 Å². The lowest BCUT2D eigenvalue weighted by Gasteiger charge is -2.26. The van der Waals surface area contributed by atoms with Crippen molar-refractivity contribution in [2.75, 3.05) is 7.11 Å². The van der Waals surface area contributed by atoms with Gasteiger partial charge in [0.1, 0.15) is 16.1 Å². The van der Waals surface area contributed by atoms with Gasteiger partial charge >= 0.3 is 5.97 Å². The molecule has 140 valence electrons. The van der Waals surface area contributed by atoms with Crippen LogP contribution in [0.2, 0.25) is 0 Å². The van der Waals surface area contributed by atoms with E-state index in [2.05, 4.69) is 0 Å². The molecule has 2 aromatic carbocycles. The fraction of sp³-hybridized carbons (Fsp3) is 0.250. The van der Waals surface area contributed by atoms with E-state index in [1.165, 1.54) is 4.90 Å². The van der Waals surface area contributed by atoms with Gasteiger partial charge in [0, 0.05) is 5.56 Å². The van der Waals surface area contributed by atoms with Crippen molar-refractivity contribution in [3.8, 4) is 5.75 Å². The number of amides is 1. The summed E-state index contributed by atoms with van der Waals surface area (Å²) in [4.78, 5) is 26.2. The second-order valence-corrected chi connectivity index (χ2v) is 8.16. The fourth-order valence-electron chi connectivity index (χ4n) is 3.15. The molecule has 27 heavy (non-hydrogen) atoms. The molecule has 0 radical (unpaired) electrons. The Morgan fingerprint density at radius 2 is 1.96 bits per heavy atom. The van der Waals surface area contributed by atoms with Gasteiger partial charge in [-0.05, 0) is 28.8 Å². The second-order valence-electron chi connectivity index (χ2n) is 6.48. The van der Waals surface area contributed by atoms with Crippen LogP contribution in [0.1, 0.15) is 19.4 Å². The zero-order valence-electron chi connectivity index (χ0n) is 15.1. The first-order valence-electron chi connectivity index (χ1n) is 8.40. The standard InChI is InChI=1S/C20H19NO4S2/c1-11(2)17(19(23)24)21-18(22)16(27-20(21)26)10-14-13-7-5-4-6-12(13)8-9-15(14)25-3/h4-11,17H,1-3H3,(H,23,24)/b16-10-/t17-/m0/s1. The van der Waals surface area contributed by atoms with Gasteiger partial charge in [-0.25, -0.2) is 4.79 Å². The maximum atomic E-state index is 13.0. The maximum absolute atomic E-state index is 13.0. The minimum atomic E-state index is -1.06. The van der Waals surface area contributed by atoms with Gasteiger partial charge in [-0.15, -0.1) is 0 Å². The number of hydrogen-bond acceptors (Lipinski definition) is 5. The highest BCUT2D eigenvalue weighted by Gasteiger charge is 2.42. The van der Waals surface area contributed by atoms with Crippen LogP contribution in [-0.2, 0) is 9.59 Å². The Bertz CT molecular complexity index is 968. The van der Waals surface area contributed by atoms with Crippen LogP contribution in [-0.4, -0.2) is 39.4 Å². The van der Waals surface area contributed by atoms with E-state index >= 15 is 0 Å². The first kappa shape index (κ1) is 19.4. The van der Waals surface area contributed by atoms with Gasteiger partial charge in [0.15, 0.2) is 0 Å². The Labute approximate surface area is 167 Å². The van der Waals surface area contributed by atoms with Crippen LogP contribution >= 0.6 is 24.0 Å². The minimum absolute atomic E-state index is 0.256. The summed E-state index contributed by atoms with van der Waals surface area (Å²) in [6.45, 7) is 3.52.